The molecule has 9 nitrogen and oxygen atoms in total. The molecule has 0 aliphatic carbocycles. The Morgan fingerprint density at radius 1 is 1.06 bits per heavy atom. The van der Waals surface area contributed by atoms with Crippen molar-refractivity contribution in [2.24, 2.45) is 0 Å². The molecule has 10 heteroatoms. The lowest BCUT2D eigenvalue weighted by Gasteiger charge is -2.30. The smallest absolute Gasteiger partial charge is 0.234 e. The summed E-state index contributed by atoms with van der Waals surface area (Å²) >= 11 is 1.24. The van der Waals surface area contributed by atoms with E-state index in [0.29, 0.717) is 23.7 Å². The van der Waals surface area contributed by atoms with E-state index in [1.807, 2.05) is 30.3 Å². The molecule has 2 atom stereocenters. The molecule has 1 fully saturated rings. The lowest BCUT2D eigenvalue weighted by molar-refractivity contribution is -0.125. The predicted molar refractivity (Wildman–Crippen MR) is 127 cm³/mol. The number of benzene rings is 2. The molecular formula is C23H28N4O5S. The third-order valence-corrected chi connectivity index (χ3v) is 5.94. The van der Waals surface area contributed by atoms with Crippen molar-refractivity contribution in [1.82, 2.24) is 16.0 Å². The van der Waals surface area contributed by atoms with Crippen LogP contribution in [0.1, 0.15) is 18.4 Å². The molecule has 2 aromatic carbocycles. The van der Waals surface area contributed by atoms with Gasteiger partial charge in [0.25, 0.3) is 0 Å². The van der Waals surface area contributed by atoms with Gasteiger partial charge in [-0.15, -0.1) is 11.8 Å². The number of rotatable bonds is 10. The van der Waals surface area contributed by atoms with E-state index in [0.717, 1.165) is 5.56 Å². The molecule has 1 saturated heterocycles. The molecule has 0 saturated carbocycles. The number of carbonyl (C=O) groups excluding carboxylic acids is 3. The highest BCUT2D eigenvalue weighted by atomic mass is 32.2. The Bertz CT molecular complexity index is 973. The summed E-state index contributed by atoms with van der Waals surface area (Å²) in [5.41, 5.74) is 1.12. The molecule has 1 aliphatic heterocycles. The summed E-state index contributed by atoms with van der Waals surface area (Å²) in [5.74, 6) is 0.661. The van der Waals surface area contributed by atoms with Gasteiger partial charge in [-0.25, -0.2) is 0 Å². The van der Waals surface area contributed by atoms with Crippen LogP contribution in [-0.2, 0) is 20.9 Å². The van der Waals surface area contributed by atoms with Gasteiger partial charge in [0.2, 0.25) is 17.7 Å². The minimum Gasteiger partial charge on any atom is -0.493 e. The van der Waals surface area contributed by atoms with Gasteiger partial charge in [-0.2, -0.15) is 0 Å². The van der Waals surface area contributed by atoms with Crippen LogP contribution in [-0.4, -0.2) is 49.2 Å². The second-order valence-electron chi connectivity index (χ2n) is 7.41. The largest absolute Gasteiger partial charge is 0.493 e. The van der Waals surface area contributed by atoms with E-state index in [4.69, 9.17) is 9.47 Å². The number of hydrogen-bond acceptors (Lipinski definition) is 7. The van der Waals surface area contributed by atoms with Crippen molar-refractivity contribution in [3.8, 4) is 11.5 Å². The van der Waals surface area contributed by atoms with Gasteiger partial charge in [0.15, 0.2) is 11.5 Å². The van der Waals surface area contributed by atoms with Crippen LogP contribution in [0.15, 0.2) is 48.5 Å². The summed E-state index contributed by atoms with van der Waals surface area (Å²) in [6.45, 7) is 0.438. The first kappa shape index (κ1) is 24.4. The van der Waals surface area contributed by atoms with E-state index >= 15 is 0 Å². The molecule has 33 heavy (non-hydrogen) atoms. The maximum absolute atomic E-state index is 12.4. The van der Waals surface area contributed by atoms with Gasteiger partial charge in [-0.1, -0.05) is 30.3 Å². The lowest BCUT2D eigenvalue weighted by atomic mass is 10.1. The van der Waals surface area contributed by atoms with E-state index < -0.39 is 5.50 Å². The quantitative estimate of drug-likeness (QED) is 0.417. The summed E-state index contributed by atoms with van der Waals surface area (Å²) in [6, 6.07) is 14.4. The highest BCUT2D eigenvalue weighted by Gasteiger charge is 2.28. The third-order valence-electron chi connectivity index (χ3n) is 4.92. The zero-order chi connectivity index (χ0) is 23.6. The first-order chi connectivity index (χ1) is 16.0. The van der Waals surface area contributed by atoms with Crippen molar-refractivity contribution in [2.75, 3.05) is 25.3 Å². The number of carbonyl (C=O) groups is 3. The molecule has 0 bridgehead atoms. The molecule has 176 valence electrons. The number of anilines is 1. The van der Waals surface area contributed by atoms with Crippen molar-refractivity contribution in [1.29, 1.82) is 0 Å². The number of amides is 3. The molecule has 0 spiro atoms. The van der Waals surface area contributed by atoms with Crippen molar-refractivity contribution in [2.45, 2.75) is 30.9 Å². The number of ether oxygens (including phenoxy) is 2. The van der Waals surface area contributed by atoms with Gasteiger partial charge in [0, 0.05) is 37.2 Å². The minimum absolute atomic E-state index is 0.110. The Hall–Kier alpha value is -3.24. The first-order valence-corrected chi connectivity index (χ1v) is 11.5. The van der Waals surface area contributed by atoms with Crippen LogP contribution in [0.3, 0.4) is 0 Å². The van der Waals surface area contributed by atoms with E-state index in [9.17, 15) is 14.4 Å². The average molecular weight is 473 g/mol. The zero-order valence-corrected chi connectivity index (χ0v) is 19.4. The molecule has 0 aromatic heterocycles. The van der Waals surface area contributed by atoms with Crippen molar-refractivity contribution in [3.63, 3.8) is 0 Å². The van der Waals surface area contributed by atoms with Crippen molar-refractivity contribution < 1.29 is 23.9 Å². The summed E-state index contributed by atoms with van der Waals surface area (Å²) in [7, 11) is 3.06. The highest BCUT2D eigenvalue weighted by molar-refractivity contribution is 8.00. The summed E-state index contributed by atoms with van der Waals surface area (Å²) in [5, 5.41) is 11.7. The molecule has 3 rings (SSSR count). The molecule has 1 aliphatic rings. The van der Waals surface area contributed by atoms with Crippen molar-refractivity contribution >= 4 is 35.2 Å². The first-order valence-electron chi connectivity index (χ1n) is 10.5. The number of thioether (sulfide) groups is 1. The Balaban J connectivity index is 1.44. The van der Waals surface area contributed by atoms with E-state index in [1.54, 1.807) is 25.3 Å². The maximum Gasteiger partial charge on any atom is 0.234 e. The lowest BCUT2D eigenvalue weighted by Crippen LogP contribution is -2.56. The van der Waals surface area contributed by atoms with Gasteiger partial charge in [-0.05, 0) is 17.7 Å². The standard InChI is InChI=1S/C23H28N4O5S/c1-31-18-9-8-16(10-19(18)32-2)25-22(30)14-33-23-26-17(12-21(29)27-23)11-20(28)24-13-15-6-4-3-5-7-15/h3-10,17,23,26H,11-14H2,1-2H3,(H,24,28)(H,25,30)(H,27,29). The van der Waals surface area contributed by atoms with Crippen LogP contribution in [0.5, 0.6) is 11.5 Å². The third kappa shape index (κ3) is 7.69. The van der Waals surface area contributed by atoms with Gasteiger partial charge in [0.1, 0.15) is 5.50 Å². The molecule has 2 aromatic rings. The molecule has 2 unspecified atom stereocenters. The summed E-state index contributed by atoms with van der Waals surface area (Å²) in [6.07, 6.45) is 0.378. The minimum atomic E-state index is -0.464. The van der Waals surface area contributed by atoms with Gasteiger partial charge >= 0.3 is 0 Å². The fourth-order valence-corrected chi connectivity index (χ4v) is 4.22. The topological polar surface area (TPSA) is 118 Å². The molecule has 4 N–H and O–H groups in total. The Kier molecular flexibility index (Phi) is 8.96. The Morgan fingerprint density at radius 2 is 1.82 bits per heavy atom. The number of hydrogen-bond donors (Lipinski definition) is 4. The number of nitrogens with one attached hydrogen (secondary N) is 4. The molecular weight excluding hydrogens is 444 g/mol. The fourth-order valence-electron chi connectivity index (χ4n) is 3.33. The van der Waals surface area contributed by atoms with Gasteiger partial charge in [0.05, 0.1) is 20.0 Å². The SMILES string of the molecule is COc1ccc(NC(=O)CSC2NC(=O)CC(CC(=O)NCc3ccccc3)N2)cc1OC. The maximum atomic E-state index is 12.4. The highest BCUT2D eigenvalue weighted by Crippen LogP contribution is 2.29. The van der Waals surface area contributed by atoms with Crippen LogP contribution in [0.25, 0.3) is 0 Å². The monoisotopic (exact) mass is 472 g/mol. The number of methoxy groups -OCH3 is 2. The van der Waals surface area contributed by atoms with Crippen LogP contribution < -0.4 is 30.7 Å². The summed E-state index contributed by atoms with van der Waals surface area (Å²) in [4.78, 5) is 36.7. The second-order valence-corrected chi connectivity index (χ2v) is 8.50. The predicted octanol–water partition coefficient (Wildman–Crippen LogP) is 1.84. The van der Waals surface area contributed by atoms with Crippen LogP contribution in [0, 0.1) is 0 Å². The average Bonchev–Trinajstić information content (AvgIpc) is 2.81. The van der Waals surface area contributed by atoms with Crippen LogP contribution >= 0.6 is 11.8 Å². The molecule has 0 radical (unpaired) electrons. The van der Waals surface area contributed by atoms with Gasteiger partial charge < -0.3 is 25.4 Å². The summed E-state index contributed by atoms with van der Waals surface area (Å²) < 4.78 is 10.4. The van der Waals surface area contributed by atoms with E-state index in [-0.39, 0.29) is 42.4 Å². The molecule has 3 amide bonds. The van der Waals surface area contributed by atoms with Crippen LogP contribution in [0.2, 0.25) is 0 Å². The normalized spacial score (nSPS) is 17.6. The second kappa shape index (κ2) is 12.1. The van der Waals surface area contributed by atoms with Crippen molar-refractivity contribution in [3.05, 3.63) is 54.1 Å². The van der Waals surface area contributed by atoms with Gasteiger partial charge in [-0.3, -0.25) is 19.7 Å². The fraction of sp³-hybridized carbons (Fsp3) is 0.348. The zero-order valence-electron chi connectivity index (χ0n) is 18.6. The Labute approximate surface area is 197 Å². The molecule has 1 heterocycles. The van der Waals surface area contributed by atoms with E-state index in [2.05, 4.69) is 21.3 Å². The van der Waals surface area contributed by atoms with E-state index in [1.165, 1.54) is 18.9 Å². The van der Waals surface area contributed by atoms with Crippen LogP contribution in [0.4, 0.5) is 5.69 Å². The Morgan fingerprint density at radius 3 is 2.55 bits per heavy atom.